The summed E-state index contributed by atoms with van der Waals surface area (Å²) in [5.41, 5.74) is 0.650. The minimum absolute atomic E-state index is 0.00626. The van der Waals surface area contributed by atoms with Gasteiger partial charge in [-0.05, 0) is 37.3 Å². The molecule has 9 heteroatoms. The predicted molar refractivity (Wildman–Crippen MR) is 109 cm³/mol. The second-order valence-electron chi connectivity index (χ2n) is 6.43. The van der Waals surface area contributed by atoms with Gasteiger partial charge in [-0.1, -0.05) is 18.2 Å². The summed E-state index contributed by atoms with van der Waals surface area (Å²) in [5, 5.41) is 0. The molecule has 2 aromatic rings. The quantitative estimate of drug-likeness (QED) is 0.637. The molecular formula is C20H24N2O6S. The highest BCUT2D eigenvalue weighted by Gasteiger charge is 2.27. The Bertz CT molecular complexity index is 989. The number of ether oxygens (including phenoxy) is 2. The lowest BCUT2D eigenvalue weighted by atomic mass is 10.2. The Morgan fingerprint density at radius 2 is 1.62 bits per heavy atom. The van der Waals surface area contributed by atoms with Gasteiger partial charge in [0.05, 0.1) is 12.7 Å². The van der Waals surface area contributed by atoms with Crippen LogP contribution in [0.5, 0.6) is 5.75 Å². The Hall–Kier alpha value is -2.91. The van der Waals surface area contributed by atoms with E-state index in [2.05, 4.69) is 0 Å². The van der Waals surface area contributed by atoms with Gasteiger partial charge in [-0.3, -0.25) is 4.79 Å². The van der Waals surface area contributed by atoms with Gasteiger partial charge >= 0.3 is 5.97 Å². The minimum atomic E-state index is -3.84. The van der Waals surface area contributed by atoms with Crippen LogP contribution in [-0.4, -0.2) is 59.0 Å². The Kier molecular flexibility index (Phi) is 6.99. The Morgan fingerprint density at radius 1 is 1.00 bits per heavy atom. The normalized spacial score (nSPS) is 12.3. The number of esters is 1. The van der Waals surface area contributed by atoms with Crippen molar-refractivity contribution in [3.8, 4) is 5.75 Å². The van der Waals surface area contributed by atoms with Gasteiger partial charge in [0.1, 0.15) is 10.6 Å². The molecule has 2 rings (SSSR count). The highest BCUT2D eigenvalue weighted by molar-refractivity contribution is 7.89. The van der Waals surface area contributed by atoms with Crippen LogP contribution >= 0.6 is 0 Å². The maximum atomic E-state index is 12.6. The standard InChI is InChI=1S/C20H24N2O6S/c1-14(19(23)22(4)16-9-7-6-8-10-16)28-20(24)15-11-12-17(27-5)18(13-15)29(25,26)21(2)3/h6-14H,1-5H3/t14-/m0/s1. The number of nitrogens with zero attached hydrogens (tertiary/aromatic N) is 2. The van der Waals surface area contributed by atoms with E-state index in [4.69, 9.17) is 9.47 Å². The number of rotatable bonds is 7. The van der Waals surface area contributed by atoms with Crippen LogP contribution in [0.15, 0.2) is 53.4 Å². The van der Waals surface area contributed by atoms with Crippen molar-refractivity contribution in [3.05, 3.63) is 54.1 Å². The van der Waals surface area contributed by atoms with E-state index in [1.165, 1.54) is 51.2 Å². The number of benzene rings is 2. The molecule has 1 atom stereocenters. The Labute approximate surface area is 170 Å². The maximum absolute atomic E-state index is 12.6. The van der Waals surface area contributed by atoms with Gasteiger partial charge < -0.3 is 14.4 Å². The number of amides is 1. The van der Waals surface area contributed by atoms with Gasteiger partial charge in [0, 0.05) is 26.8 Å². The number of likely N-dealkylation sites (N-methyl/N-ethyl adjacent to an activating group) is 1. The van der Waals surface area contributed by atoms with E-state index in [1.54, 1.807) is 31.3 Å². The van der Waals surface area contributed by atoms with Crippen molar-refractivity contribution in [3.63, 3.8) is 0 Å². The molecule has 0 fully saturated rings. The molecule has 0 saturated heterocycles. The summed E-state index contributed by atoms with van der Waals surface area (Å²) in [7, 11) is 1.82. The highest BCUT2D eigenvalue weighted by Crippen LogP contribution is 2.27. The lowest BCUT2D eigenvalue weighted by Gasteiger charge is -2.21. The molecule has 29 heavy (non-hydrogen) atoms. The first-order valence-corrected chi connectivity index (χ1v) is 10.2. The van der Waals surface area contributed by atoms with Crippen LogP contribution in [0.2, 0.25) is 0 Å². The molecule has 0 aliphatic carbocycles. The molecular weight excluding hydrogens is 396 g/mol. The van der Waals surface area contributed by atoms with Crippen LogP contribution in [0.1, 0.15) is 17.3 Å². The van der Waals surface area contributed by atoms with Gasteiger partial charge in [0.15, 0.2) is 6.10 Å². The molecule has 0 heterocycles. The van der Waals surface area contributed by atoms with Crippen LogP contribution in [0.25, 0.3) is 0 Å². The topological polar surface area (TPSA) is 93.2 Å². The summed E-state index contributed by atoms with van der Waals surface area (Å²) in [4.78, 5) is 26.3. The van der Waals surface area contributed by atoms with Gasteiger partial charge in [-0.15, -0.1) is 0 Å². The van der Waals surface area contributed by atoms with E-state index in [0.717, 1.165) is 4.31 Å². The fourth-order valence-corrected chi connectivity index (χ4v) is 3.61. The Balaban J connectivity index is 2.23. The molecule has 0 unspecified atom stereocenters. The summed E-state index contributed by atoms with van der Waals surface area (Å²) in [6.07, 6.45) is -1.07. The number of para-hydroxylation sites is 1. The van der Waals surface area contributed by atoms with Gasteiger partial charge in [0.2, 0.25) is 10.0 Å². The summed E-state index contributed by atoms with van der Waals surface area (Å²) in [6, 6.07) is 12.9. The molecule has 8 nitrogen and oxygen atoms in total. The van der Waals surface area contributed by atoms with Crippen LogP contribution in [0.4, 0.5) is 5.69 Å². The molecule has 1 amide bonds. The Morgan fingerprint density at radius 3 is 2.17 bits per heavy atom. The van der Waals surface area contributed by atoms with Crippen molar-refractivity contribution in [2.24, 2.45) is 0 Å². The number of methoxy groups -OCH3 is 1. The summed E-state index contributed by atoms with van der Waals surface area (Å²) in [6.45, 7) is 1.46. The van der Waals surface area contributed by atoms with Crippen molar-refractivity contribution < 1.29 is 27.5 Å². The average molecular weight is 420 g/mol. The zero-order valence-electron chi connectivity index (χ0n) is 16.9. The summed E-state index contributed by atoms with van der Waals surface area (Å²) >= 11 is 0. The van der Waals surface area contributed by atoms with E-state index in [-0.39, 0.29) is 16.2 Å². The molecule has 0 radical (unpaired) electrons. The summed E-state index contributed by atoms with van der Waals surface area (Å²) < 4.78 is 36.4. The third-order valence-electron chi connectivity index (χ3n) is 4.26. The van der Waals surface area contributed by atoms with Crippen LogP contribution in [0, 0.1) is 0 Å². The van der Waals surface area contributed by atoms with Crippen molar-refractivity contribution in [1.29, 1.82) is 0 Å². The van der Waals surface area contributed by atoms with Crippen molar-refractivity contribution in [2.45, 2.75) is 17.9 Å². The molecule has 0 aliphatic heterocycles. The monoisotopic (exact) mass is 420 g/mol. The zero-order valence-corrected chi connectivity index (χ0v) is 17.8. The highest BCUT2D eigenvalue weighted by atomic mass is 32.2. The second kappa shape index (κ2) is 9.06. The number of sulfonamides is 1. The second-order valence-corrected chi connectivity index (χ2v) is 8.55. The number of hydrogen-bond acceptors (Lipinski definition) is 6. The first-order valence-electron chi connectivity index (χ1n) is 8.73. The molecule has 0 aromatic heterocycles. The molecule has 0 N–H and O–H groups in total. The first-order chi connectivity index (χ1) is 13.6. The van der Waals surface area contributed by atoms with E-state index in [0.29, 0.717) is 5.69 Å². The number of carbonyl (C=O) groups excluding carboxylic acids is 2. The fourth-order valence-electron chi connectivity index (χ4n) is 2.53. The smallest absolute Gasteiger partial charge is 0.338 e. The van der Waals surface area contributed by atoms with Gasteiger partial charge in [0.25, 0.3) is 5.91 Å². The molecule has 0 bridgehead atoms. The van der Waals surface area contributed by atoms with E-state index >= 15 is 0 Å². The molecule has 0 aliphatic rings. The van der Waals surface area contributed by atoms with E-state index in [1.807, 2.05) is 6.07 Å². The average Bonchev–Trinajstić information content (AvgIpc) is 2.72. The number of carbonyl (C=O) groups is 2. The number of anilines is 1. The predicted octanol–water partition coefficient (Wildman–Crippen LogP) is 2.15. The van der Waals surface area contributed by atoms with Crippen LogP contribution in [0.3, 0.4) is 0 Å². The SMILES string of the molecule is COc1ccc(C(=O)O[C@@H](C)C(=O)N(C)c2ccccc2)cc1S(=O)(=O)N(C)C. The van der Waals surface area contributed by atoms with E-state index < -0.39 is 28.0 Å². The van der Waals surface area contributed by atoms with Crippen molar-refractivity contribution in [1.82, 2.24) is 4.31 Å². The molecule has 0 saturated carbocycles. The largest absolute Gasteiger partial charge is 0.495 e. The zero-order chi connectivity index (χ0) is 21.8. The lowest BCUT2D eigenvalue weighted by molar-refractivity contribution is -0.126. The van der Waals surface area contributed by atoms with Crippen LogP contribution < -0.4 is 9.64 Å². The first kappa shape index (κ1) is 22.4. The molecule has 0 spiro atoms. The van der Waals surface area contributed by atoms with Crippen LogP contribution in [-0.2, 0) is 19.6 Å². The van der Waals surface area contributed by atoms with Gasteiger partial charge in [-0.2, -0.15) is 0 Å². The molecule has 156 valence electrons. The van der Waals surface area contributed by atoms with Crippen molar-refractivity contribution in [2.75, 3.05) is 33.2 Å². The number of hydrogen-bond donors (Lipinski definition) is 0. The molecule has 2 aromatic carbocycles. The fraction of sp³-hybridized carbons (Fsp3) is 0.300. The maximum Gasteiger partial charge on any atom is 0.338 e. The van der Waals surface area contributed by atoms with Gasteiger partial charge in [-0.25, -0.2) is 17.5 Å². The third-order valence-corrected chi connectivity index (χ3v) is 6.10. The minimum Gasteiger partial charge on any atom is -0.495 e. The van der Waals surface area contributed by atoms with Crippen molar-refractivity contribution >= 4 is 27.6 Å². The lowest BCUT2D eigenvalue weighted by Crippen LogP contribution is -2.37. The summed E-state index contributed by atoms with van der Waals surface area (Å²) in [5.74, 6) is -1.13. The van der Waals surface area contributed by atoms with E-state index in [9.17, 15) is 18.0 Å². The third kappa shape index (κ3) is 4.93.